The van der Waals surface area contributed by atoms with Gasteiger partial charge in [0.2, 0.25) is 0 Å². The lowest BCUT2D eigenvalue weighted by Gasteiger charge is -2.44. The van der Waals surface area contributed by atoms with E-state index < -0.39 is 0 Å². The largest absolute Gasteiger partial charge is 0.457 e. The van der Waals surface area contributed by atoms with Gasteiger partial charge in [-0.3, -0.25) is 4.90 Å². The third-order valence-electron chi connectivity index (χ3n) is 7.65. The van der Waals surface area contributed by atoms with Gasteiger partial charge in [0.15, 0.2) is 0 Å². The normalized spacial score (nSPS) is 24.3. The summed E-state index contributed by atoms with van der Waals surface area (Å²) in [6.07, 6.45) is 12.6. The van der Waals surface area contributed by atoms with Crippen LogP contribution in [0.2, 0.25) is 0 Å². The molecule has 2 aromatic rings. The van der Waals surface area contributed by atoms with Crippen molar-refractivity contribution in [3.8, 4) is 11.5 Å². The Labute approximate surface area is 210 Å². The first-order valence-electron chi connectivity index (χ1n) is 13.1. The zero-order valence-electron chi connectivity index (χ0n) is 21.5. The standard InChI is InChI=1S/C31H39NO3/c1-5-11-25-12-9-10-21-32(25)30(33)35-29-22-23(2)15-20-28(29)31(3,4)24-16-18-27(19-17-24)34-26-13-7-6-8-14-26/h6-10,12-14,16-19,21,23,25,28-29H,5,11,15,20,22H2,1-4H3/t23-,25-,28-,29-/m1/s1. The highest BCUT2D eigenvalue weighted by molar-refractivity contribution is 5.70. The Morgan fingerprint density at radius 1 is 1.00 bits per heavy atom. The molecule has 0 radical (unpaired) electrons. The van der Waals surface area contributed by atoms with Crippen LogP contribution in [0.5, 0.6) is 11.5 Å². The number of hydrogen-bond donors (Lipinski definition) is 0. The maximum Gasteiger partial charge on any atom is 0.414 e. The van der Waals surface area contributed by atoms with Gasteiger partial charge < -0.3 is 9.47 Å². The van der Waals surface area contributed by atoms with E-state index in [2.05, 4.69) is 45.9 Å². The molecule has 1 fully saturated rings. The predicted octanol–water partition coefficient (Wildman–Crippen LogP) is 8.25. The van der Waals surface area contributed by atoms with Gasteiger partial charge in [0.25, 0.3) is 0 Å². The summed E-state index contributed by atoms with van der Waals surface area (Å²) in [6.45, 7) is 8.98. The maximum absolute atomic E-state index is 13.3. The lowest BCUT2D eigenvalue weighted by Crippen LogP contribution is -2.46. The molecule has 4 atom stereocenters. The number of nitrogens with zero attached hydrogens (tertiary/aromatic N) is 1. The van der Waals surface area contributed by atoms with E-state index in [1.807, 2.05) is 60.8 Å². The Bertz CT molecular complexity index is 1020. The molecular weight excluding hydrogens is 434 g/mol. The summed E-state index contributed by atoms with van der Waals surface area (Å²) in [7, 11) is 0. The minimum absolute atomic E-state index is 0.0714. The Balaban J connectivity index is 1.49. The highest BCUT2D eigenvalue weighted by atomic mass is 16.6. The molecule has 0 N–H and O–H groups in total. The lowest BCUT2D eigenvalue weighted by atomic mass is 9.64. The Morgan fingerprint density at radius 3 is 2.43 bits per heavy atom. The van der Waals surface area contributed by atoms with Gasteiger partial charge in [-0.1, -0.05) is 83.0 Å². The van der Waals surface area contributed by atoms with Crippen molar-refractivity contribution in [3.63, 3.8) is 0 Å². The van der Waals surface area contributed by atoms with Gasteiger partial charge >= 0.3 is 6.09 Å². The van der Waals surface area contributed by atoms with Crippen molar-refractivity contribution in [2.75, 3.05) is 0 Å². The second-order valence-electron chi connectivity index (χ2n) is 10.6. The van der Waals surface area contributed by atoms with E-state index in [-0.39, 0.29) is 29.6 Å². The average Bonchev–Trinajstić information content (AvgIpc) is 2.85. The van der Waals surface area contributed by atoms with Crippen LogP contribution in [0.3, 0.4) is 0 Å². The third kappa shape index (κ3) is 5.98. The average molecular weight is 474 g/mol. The van der Waals surface area contributed by atoms with Crippen LogP contribution >= 0.6 is 0 Å². The Morgan fingerprint density at radius 2 is 1.71 bits per heavy atom. The Hall–Kier alpha value is -3.01. The number of benzene rings is 2. The Kier molecular flexibility index (Phi) is 8.00. The number of rotatable bonds is 7. The minimum atomic E-state index is -0.226. The molecule has 1 aliphatic carbocycles. The van der Waals surface area contributed by atoms with Crippen molar-refractivity contribution in [2.45, 2.75) is 77.4 Å². The fraction of sp³-hybridized carbons (Fsp3) is 0.452. The maximum atomic E-state index is 13.3. The van der Waals surface area contributed by atoms with Crippen LogP contribution in [0.1, 0.15) is 65.4 Å². The van der Waals surface area contributed by atoms with Gasteiger partial charge in [0.1, 0.15) is 17.6 Å². The van der Waals surface area contributed by atoms with E-state index in [0.717, 1.165) is 43.6 Å². The number of allylic oxidation sites excluding steroid dienone is 2. The third-order valence-corrected chi connectivity index (χ3v) is 7.65. The number of carbonyl (C=O) groups is 1. The van der Waals surface area contributed by atoms with Crippen LogP contribution in [0.15, 0.2) is 79.0 Å². The van der Waals surface area contributed by atoms with Crippen molar-refractivity contribution >= 4 is 6.09 Å². The van der Waals surface area contributed by atoms with Crippen molar-refractivity contribution in [1.29, 1.82) is 0 Å². The topological polar surface area (TPSA) is 38.8 Å². The number of ether oxygens (including phenoxy) is 2. The summed E-state index contributed by atoms with van der Waals surface area (Å²) in [5, 5.41) is 0. The smallest absolute Gasteiger partial charge is 0.414 e. The predicted molar refractivity (Wildman–Crippen MR) is 142 cm³/mol. The molecule has 1 heterocycles. The summed E-state index contributed by atoms with van der Waals surface area (Å²) in [6, 6.07) is 18.3. The molecule has 4 nitrogen and oxygen atoms in total. The first-order chi connectivity index (χ1) is 16.9. The second kappa shape index (κ2) is 11.2. The van der Waals surface area contributed by atoms with Gasteiger partial charge in [0.05, 0.1) is 6.04 Å². The molecule has 1 amide bonds. The molecule has 0 bridgehead atoms. The first-order valence-corrected chi connectivity index (χ1v) is 13.1. The molecule has 1 aliphatic heterocycles. The first kappa shape index (κ1) is 25.1. The van der Waals surface area contributed by atoms with Crippen LogP contribution in [0.25, 0.3) is 0 Å². The van der Waals surface area contributed by atoms with Crippen molar-refractivity contribution in [3.05, 3.63) is 84.6 Å². The highest BCUT2D eigenvalue weighted by Crippen LogP contribution is 2.44. The number of hydrogen-bond acceptors (Lipinski definition) is 3. The van der Waals surface area contributed by atoms with E-state index in [1.165, 1.54) is 5.56 Å². The van der Waals surface area contributed by atoms with Gasteiger partial charge in [0, 0.05) is 12.1 Å². The second-order valence-corrected chi connectivity index (χ2v) is 10.6. The van der Waals surface area contributed by atoms with E-state index in [1.54, 1.807) is 4.90 Å². The molecule has 4 heteroatoms. The lowest BCUT2D eigenvalue weighted by molar-refractivity contribution is -0.0159. The van der Waals surface area contributed by atoms with Gasteiger partial charge in [-0.15, -0.1) is 0 Å². The van der Waals surface area contributed by atoms with Gasteiger partial charge in [-0.2, -0.15) is 0 Å². The molecular formula is C31H39NO3. The minimum Gasteiger partial charge on any atom is -0.457 e. The summed E-state index contributed by atoms with van der Waals surface area (Å²) < 4.78 is 12.3. The highest BCUT2D eigenvalue weighted by Gasteiger charge is 2.42. The van der Waals surface area contributed by atoms with Gasteiger partial charge in [-0.25, -0.2) is 4.79 Å². The molecule has 0 aromatic heterocycles. The van der Waals surface area contributed by atoms with E-state index in [4.69, 9.17) is 9.47 Å². The van der Waals surface area contributed by atoms with Crippen molar-refractivity contribution < 1.29 is 14.3 Å². The molecule has 0 spiro atoms. The van der Waals surface area contributed by atoms with Crippen LogP contribution in [-0.4, -0.2) is 23.1 Å². The fourth-order valence-electron chi connectivity index (χ4n) is 5.53. The summed E-state index contributed by atoms with van der Waals surface area (Å²) >= 11 is 0. The molecule has 1 saturated carbocycles. The van der Waals surface area contributed by atoms with Crippen LogP contribution in [0.4, 0.5) is 4.79 Å². The molecule has 0 saturated heterocycles. The SMILES string of the molecule is CCC[C@@H]1C=CC=CN1C(=O)O[C@@H]1C[C@H](C)CC[C@H]1C(C)(C)c1ccc(Oc2ccccc2)cc1. The molecule has 35 heavy (non-hydrogen) atoms. The summed E-state index contributed by atoms with van der Waals surface area (Å²) in [5.74, 6) is 2.45. The molecule has 186 valence electrons. The number of amides is 1. The van der Waals surface area contributed by atoms with Crippen LogP contribution < -0.4 is 4.74 Å². The molecule has 0 unspecified atom stereocenters. The molecule has 2 aliphatic rings. The van der Waals surface area contributed by atoms with Crippen molar-refractivity contribution in [2.24, 2.45) is 11.8 Å². The van der Waals surface area contributed by atoms with E-state index in [9.17, 15) is 4.79 Å². The van der Waals surface area contributed by atoms with Crippen molar-refractivity contribution in [1.82, 2.24) is 4.90 Å². The molecule has 4 rings (SSSR count). The quantitative estimate of drug-likeness (QED) is 0.406. The number of para-hydroxylation sites is 1. The molecule has 2 aromatic carbocycles. The summed E-state index contributed by atoms with van der Waals surface area (Å²) in [5.41, 5.74) is 1.10. The fourth-order valence-corrected chi connectivity index (χ4v) is 5.53. The van der Waals surface area contributed by atoms with Gasteiger partial charge in [-0.05, 0) is 66.5 Å². The van der Waals surface area contributed by atoms with Crippen LogP contribution in [-0.2, 0) is 10.2 Å². The van der Waals surface area contributed by atoms with Crippen LogP contribution in [0, 0.1) is 11.8 Å². The van der Waals surface area contributed by atoms with E-state index in [0.29, 0.717) is 5.92 Å². The summed E-state index contributed by atoms with van der Waals surface area (Å²) in [4.78, 5) is 15.1. The zero-order chi connectivity index (χ0) is 24.8. The monoisotopic (exact) mass is 473 g/mol. The number of carbonyl (C=O) groups excluding carboxylic acids is 1. The zero-order valence-corrected chi connectivity index (χ0v) is 21.5. The van der Waals surface area contributed by atoms with E-state index >= 15 is 0 Å².